The number of ether oxygens (including phenoxy) is 1. The summed E-state index contributed by atoms with van der Waals surface area (Å²) in [5, 5.41) is 8.32. The number of aromatic nitrogens is 4. The van der Waals surface area contributed by atoms with Gasteiger partial charge >= 0.3 is 16.3 Å². The van der Waals surface area contributed by atoms with Crippen LogP contribution < -0.4 is 10.5 Å². The SMILES string of the molecule is CCCCOc1ccc(-c2nn(Cc3ccc(-c4cc(CC)sc4S(=O)(=O)O)c(Cl)c3)c3cc(C)nc(C(F)(F)F)c23)cc1.CCc1onc(N)c1C. The van der Waals surface area contributed by atoms with Gasteiger partial charge in [-0.3, -0.25) is 9.23 Å². The van der Waals surface area contributed by atoms with Crippen molar-refractivity contribution in [3.8, 4) is 28.1 Å². The van der Waals surface area contributed by atoms with Gasteiger partial charge in [-0.15, -0.1) is 11.3 Å². The molecule has 3 N–H and O–H groups in total. The molecule has 0 saturated carbocycles. The third-order valence-electron chi connectivity index (χ3n) is 8.39. The quantitative estimate of drug-likeness (QED) is 0.0967. The van der Waals surface area contributed by atoms with Crippen LogP contribution in [0.15, 0.2) is 63.3 Å². The summed E-state index contributed by atoms with van der Waals surface area (Å²) >= 11 is 7.59. The Hall–Kier alpha value is -4.44. The van der Waals surface area contributed by atoms with Crippen molar-refractivity contribution in [1.82, 2.24) is 19.9 Å². The predicted molar refractivity (Wildman–Crippen MR) is 201 cm³/mol. The molecule has 0 bridgehead atoms. The molecule has 16 heteroatoms. The Morgan fingerprint density at radius 3 is 2.28 bits per heavy atom. The van der Waals surface area contributed by atoms with Crippen LogP contribution >= 0.6 is 22.9 Å². The first-order valence-electron chi connectivity index (χ1n) is 16.8. The van der Waals surface area contributed by atoms with Crippen molar-refractivity contribution in [2.24, 2.45) is 0 Å². The maximum absolute atomic E-state index is 14.3. The fourth-order valence-corrected chi connectivity index (χ4v) is 7.96. The van der Waals surface area contributed by atoms with Gasteiger partial charge in [0.25, 0.3) is 0 Å². The Morgan fingerprint density at radius 1 is 1.02 bits per heavy atom. The zero-order valence-electron chi connectivity index (χ0n) is 29.7. The first-order valence-corrected chi connectivity index (χ1v) is 19.5. The smallest absolute Gasteiger partial charge is 0.434 e. The minimum atomic E-state index is -4.72. The summed E-state index contributed by atoms with van der Waals surface area (Å²) in [4.78, 5) is 4.61. The molecule has 0 aliphatic heterocycles. The first kappa shape index (κ1) is 39.8. The molecule has 6 aromatic rings. The van der Waals surface area contributed by atoms with Gasteiger partial charge < -0.3 is 15.0 Å². The van der Waals surface area contributed by atoms with Crippen molar-refractivity contribution < 1.29 is 35.4 Å². The molecule has 53 heavy (non-hydrogen) atoms. The summed E-state index contributed by atoms with van der Waals surface area (Å²) in [6.45, 7) is 9.95. The molecule has 0 fully saturated rings. The van der Waals surface area contributed by atoms with E-state index < -0.39 is 22.0 Å². The molecule has 0 aliphatic rings. The lowest BCUT2D eigenvalue weighted by Crippen LogP contribution is -2.10. The van der Waals surface area contributed by atoms with E-state index in [0.29, 0.717) is 41.3 Å². The van der Waals surface area contributed by atoms with E-state index >= 15 is 0 Å². The van der Waals surface area contributed by atoms with E-state index in [-0.39, 0.29) is 43.6 Å². The van der Waals surface area contributed by atoms with E-state index in [1.807, 2.05) is 20.8 Å². The van der Waals surface area contributed by atoms with E-state index in [0.717, 1.165) is 46.8 Å². The van der Waals surface area contributed by atoms with Crippen molar-refractivity contribution in [1.29, 1.82) is 0 Å². The molecular weight excluding hydrogens is 751 g/mol. The predicted octanol–water partition coefficient (Wildman–Crippen LogP) is 9.97. The van der Waals surface area contributed by atoms with Gasteiger partial charge in [0.15, 0.2) is 15.7 Å². The number of alkyl halides is 3. The second-order valence-electron chi connectivity index (χ2n) is 12.3. The molecule has 0 amide bonds. The number of anilines is 1. The lowest BCUT2D eigenvalue weighted by molar-refractivity contribution is -0.139. The number of nitrogen functional groups attached to an aromatic ring is 1. The van der Waals surface area contributed by atoms with Gasteiger partial charge in [-0.25, -0.2) is 4.98 Å². The molecule has 0 radical (unpaired) electrons. The average Bonchev–Trinajstić information content (AvgIpc) is 3.80. The van der Waals surface area contributed by atoms with Gasteiger partial charge in [0.1, 0.15) is 17.2 Å². The molecule has 2 aromatic carbocycles. The largest absolute Gasteiger partial charge is 0.494 e. The minimum Gasteiger partial charge on any atom is -0.494 e. The number of unbranched alkanes of at least 4 members (excludes halogenated alkanes) is 1. The summed E-state index contributed by atoms with van der Waals surface area (Å²) in [6.07, 6.45) is -1.43. The van der Waals surface area contributed by atoms with Crippen LogP contribution in [0.5, 0.6) is 5.75 Å². The van der Waals surface area contributed by atoms with Gasteiger partial charge in [0.05, 0.1) is 24.1 Å². The van der Waals surface area contributed by atoms with E-state index in [4.69, 9.17) is 26.6 Å². The van der Waals surface area contributed by atoms with Crippen LogP contribution in [0, 0.1) is 13.8 Å². The van der Waals surface area contributed by atoms with Crippen molar-refractivity contribution >= 4 is 49.8 Å². The topological polar surface area (TPSA) is 146 Å². The van der Waals surface area contributed by atoms with Crippen LogP contribution in [-0.4, -0.2) is 39.5 Å². The lowest BCUT2D eigenvalue weighted by atomic mass is 10.0. The summed E-state index contributed by atoms with van der Waals surface area (Å²) in [6, 6.07) is 15.0. The zero-order chi connectivity index (χ0) is 38.7. The van der Waals surface area contributed by atoms with E-state index in [2.05, 4.69) is 22.2 Å². The summed E-state index contributed by atoms with van der Waals surface area (Å²) in [5.74, 6) is 2.00. The number of aryl methyl sites for hydroxylation is 3. The molecule has 10 nitrogen and oxygen atoms in total. The van der Waals surface area contributed by atoms with Crippen LogP contribution in [0.1, 0.15) is 66.8 Å². The first-order chi connectivity index (χ1) is 25.0. The minimum absolute atomic E-state index is 0.0739. The lowest BCUT2D eigenvalue weighted by Gasteiger charge is -2.11. The Bertz CT molecular complexity index is 2340. The number of fused-ring (bicyclic) bond motifs is 1. The van der Waals surface area contributed by atoms with Gasteiger partial charge in [-0.05, 0) is 74.7 Å². The highest BCUT2D eigenvalue weighted by molar-refractivity contribution is 7.88. The molecule has 6 rings (SSSR count). The van der Waals surface area contributed by atoms with Crippen LogP contribution in [-0.2, 0) is 35.7 Å². The van der Waals surface area contributed by atoms with Gasteiger partial charge in [-0.2, -0.15) is 26.7 Å². The highest BCUT2D eigenvalue weighted by Crippen LogP contribution is 2.41. The van der Waals surface area contributed by atoms with E-state index in [9.17, 15) is 26.1 Å². The van der Waals surface area contributed by atoms with Crippen molar-refractivity contribution in [3.63, 3.8) is 0 Å². The number of halogens is 4. The summed E-state index contributed by atoms with van der Waals surface area (Å²) in [5.41, 5.74) is 7.72. The highest BCUT2D eigenvalue weighted by atomic mass is 35.5. The Balaban J connectivity index is 0.000000526. The van der Waals surface area contributed by atoms with E-state index in [1.54, 1.807) is 54.6 Å². The highest BCUT2D eigenvalue weighted by Gasteiger charge is 2.37. The van der Waals surface area contributed by atoms with Crippen molar-refractivity contribution in [3.05, 3.63) is 92.8 Å². The number of nitrogens with zero attached hydrogens (tertiary/aromatic N) is 4. The third-order valence-corrected chi connectivity index (χ3v) is 11.3. The summed E-state index contributed by atoms with van der Waals surface area (Å²) < 4.78 is 88.5. The standard InChI is InChI=1S/C31H29ClF3N3O4S2.C6H10N2O/c1-4-6-13-42-21-10-8-20(9-11-21)28-27-26(14-18(3)36-29(27)31(33,34)35)38(37-28)17-19-7-12-23(25(32)15-19)24-16-22(5-2)43-30(24)44(39,40)41;1-3-5-4(2)6(7)8-9-5/h7-12,14-16H,4-6,13,17H2,1-3H3,(H,39,40,41);3H2,1-2H3,(H2,7,8). The number of hydrogen-bond acceptors (Lipinski definition) is 9. The van der Waals surface area contributed by atoms with Gasteiger partial charge in [0, 0.05) is 44.3 Å². The Labute approximate surface area is 314 Å². The molecule has 4 heterocycles. The Morgan fingerprint density at radius 2 is 1.74 bits per heavy atom. The number of hydrogen-bond donors (Lipinski definition) is 2. The fraction of sp³-hybridized carbons (Fsp3) is 0.324. The number of rotatable bonds is 11. The second-order valence-corrected chi connectivity index (χ2v) is 15.4. The molecular formula is C37H39ClF3N5O5S2. The van der Waals surface area contributed by atoms with Gasteiger partial charge in [0.2, 0.25) is 0 Å². The van der Waals surface area contributed by atoms with Gasteiger partial charge in [-0.1, -0.05) is 56.1 Å². The maximum atomic E-state index is 14.3. The molecule has 0 spiro atoms. The van der Waals surface area contributed by atoms with Crippen LogP contribution in [0.3, 0.4) is 0 Å². The third kappa shape index (κ3) is 9.03. The van der Waals surface area contributed by atoms with Crippen LogP contribution in [0.2, 0.25) is 5.02 Å². The van der Waals surface area contributed by atoms with E-state index in [1.165, 1.54) is 11.6 Å². The maximum Gasteiger partial charge on any atom is 0.434 e. The zero-order valence-corrected chi connectivity index (χ0v) is 32.1. The molecule has 0 atom stereocenters. The molecule has 0 aliphatic carbocycles. The number of nitrogens with two attached hydrogens (primary N) is 1. The molecule has 0 unspecified atom stereocenters. The molecule has 4 aromatic heterocycles. The molecule has 282 valence electrons. The Kier molecular flexibility index (Phi) is 12.2. The monoisotopic (exact) mass is 789 g/mol. The molecule has 0 saturated heterocycles. The number of thiophene rings is 1. The number of pyridine rings is 1. The van der Waals surface area contributed by atoms with Crippen LogP contribution in [0.4, 0.5) is 19.0 Å². The summed E-state index contributed by atoms with van der Waals surface area (Å²) in [7, 11) is -4.48. The fourth-order valence-electron chi connectivity index (χ4n) is 5.63. The van der Waals surface area contributed by atoms with Crippen molar-refractivity contribution in [2.75, 3.05) is 12.3 Å². The number of benzene rings is 2. The second kappa shape index (κ2) is 16.3. The van der Waals surface area contributed by atoms with Crippen molar-refractivity contribution in [2.45, 2.75) is 77.2 Å². The average molecular weight is 790 g/mol. The normalized spacial score (nSPS) is 11.9. The van der Waals surface area contributed by atoms with Crippen LogP contribution in [0.25, 0.3) is 33.3 Å².